The van der Waals surface area contributed by atoms with Crippen LogP contribution in [0.4, 0.5) is 5.69 Å². The van der Waals surface area contributed by atoms with Crippen LogP contribution in [-0.2, 0) is 14.6 Å². The molecule has 0 bridgehead atoms. The molecule has 0 radical (unpaired) electrons. The summed E-state index contributed by atoms with van der Waals surface area (Å²) in [7, 11) is -2.91. The van der Waals surface area contributed by atoms with E-state index in [0.29, 0.717) is 35.2 Å². The Morgan fingerprint density at radius 2 is 1.65 bits per heavy atom. The molecule has 1 N–H and O–H groups in total. The summed E-state index contributed by atoms with van der Waals surface area (Å²) < 4.78 is 23.7. The van der Waals surface area contributed by atoms with Gasteiger partial charge in [0.2, 0.25) is 5.91 Å². The van der Waals surface area contributed by atoms with E-state index in [4.69, 9.17) is 23.2 Å². The third-order valence-corrected chi connectivity index (χ3v) is 8.12. The Morgan fingerprint density at radius 3 is 2.23 bits per heavy atom. The summed E-state index contributed by atoms with van der Waals surface area (Å²) in [4.78, 5) is 17.7. The molecule has 31 heavy (non-hydrogen) atoms. The maximum Gasteiger partial charge on any atom is 0.246 e. The molecule has 2 fully saturated rings. The number of hydrogen-bond acceptors (Lipinski definition) is 5. The molecule has 2 aliphatic heterocycles. The Kier molecular flexibility index (Phi) is 6.89. The van der Waals surface area contributed by atoms with Gasteiger partial charge in [0, 0.05) is 48.0 Å². The Hall–Kier alpha value is -1.64. The second-order valence-corrected chi connectivity index (χ2v) is 11.2. The zero-order valence-electron chi connectivity index (χ0n) is 17.0. The van der Waals surface area contributed by atoms with Crippen molar-refractivity contribution >= 4 is 44.6 Å². The quantitative estimate of drug-likeness (QED) is 0.707. The van der Waals surface area contributed by atoms with Crippen molar-refractivity contribution in [1.29, 1.82) is 0 Å². The second-order valence-electron chi connectivity index (χ2n) is 8.09. The van der Waals surface area contributed by atoms with Crippen molar-refractivity contribution in [2.75, 3.05) is 43.0 Å². The standard InChI is InChI=1S/C22H25Cl2N3O3S/c23-17-12-18(24)14-19(13-17)25-22(28)21(16-4-2-1-3-5-16)27-9-7-26(8-10-27)20-6-11-31(29,30)15-20/h1-5,12-14,20-21H,6-11,15H2,(H,25,28). The first-order chi connectivity index (χ1) is 14.8. The van der Waals surface area contributed by atoms with Crippen molar-refractivity contribution in [3.8, 4) is 0 Å². The van der Waals surface area contributed by atoms with Gasteiger partial charge < -0.3 is 5.32 Å². The van der Waals surface area contributed by atoms with Crippen molar-refractivity contribution in [1.82, 2.24) is 9.80 Å². The number of piperazine rings is 1. The van der Waals surface area contributed by atoms with Gasteiger partial charge in [-0.1, -0.05) is 53.5 Å². The summed E-state index contributed by atoms with van der Waals surface area (Å²) >= 11 is 12.2. The van der Waals surface area contributed by atoms with Gasteiger partial charge >= 0.3 is 0 Å². The predicted octanol–water partition coefficient (Wildman–Crippen LogP) is 3.48. The fraction of sp³-hybridized carbons (Fsp3) is 0.409. The SMILES string of the molecule is O=C(Nc1cc(Cl)cc(Cl)c1)C(c1ccccc1)N1CCN(C2CCS(=O)(=O)C2)CC1. The van der Waals surface area contributed by atoms with Gasteiger partial charge in [0.15, 0.2) is 9.84 Å². The molecule has 166 valence electrons. The topological polar surface area (TPSA) is 69.7 Å². The highest BCUT2D eigenvalue weighted by molar-refractivity contribution is 7.91. The minimum Gasteiger partial charge on any atom is -0.324 e. The van der Waals surface area contributed by atoms with Crippen LogP contribution in [0.25, 0.3) is 0 Å². The summed E-state index contributed by atoms with van der Waals surface area (Å²) in [5, 5.41) is 3.87. The van der Waals surface area contributed by atoms with Gasteiger partial charge in [-0.2, -0.15) is 0 Å². The van der Waals surface area contributed by atoms with Gasteiger partial charge in [-0.3, -0.25) is 14.6 Å². The highest BCUT2D eigenvalue weighted by atomic mass is 35.5. The zero-order chi connectivity index (χ0) is 22.0. The fourth-order valence-corrected chi connectivity index (χ4v) is 6.71. The lowest BCUT2D eigenvalue weighted by Gasteiger charge is -2.40. The lowest BCUT2D eigenvalue weighted by molar-refractivity contribution is -0.122. The molecule has 0 spiro atoms. The van der Waals surface area contributed by atoms with Crippen LogP contribution in [0.1, 0.15) is 18.0 Å². The number of hydrogen-bond donors (Lipinski definition) is 1. The van der Waals surface area contributed by atoms with E-state index in [1.54, 1.807) is 18.2 Å². The number of anilines is 1. The van der Waals surface area contributed by atoms with E-state index in [1.165, 1.54) is 0 Å². The highest BCUT2D eigenvalue weighted by Gasteiger charge is 2.36. The van der Waals surface area contributed by atoms with E-state index in [1.807, 2.05) is 30.3 Å². The van der Waals surface area contributed by atoms with Crippen LogP contribution < -0.4 is 5.32 Å². The summed E-state index contributed by atoms with van der Waals surface area (Å²) in [6.45, 7) is 2.83. The van der Waals surface area contributed by atoms with Crippen LogP contribution in [0.5, 0.6) is 0 Å². The largest absolute Gasteiger partial charge is 0.324 e. The van der Waals surface area contributed by atoms with Crippen LogP contribution >= 0.6 is 23.2 Å². The molecular formula is C22H25Cl2N3O3S. The summed E-state index contributed by atoms with van der Waals surface area (Å²) in [5.74, 6) is 0.363. The fourth-order valence-electron chi connectivity index (χ4n) is 4.42. The van der Waals surface area contributed by atoms with Crippen molar-refractivity contribution in [3.63, 3.8) is 0 Å². The predicted molar refractivity (Wildman–Crippen MR) is 124 cm³/mol. The average Bonchev–Trinajstić information content (AvgIpc) is 3.08. The molecule has 0 saturated carbocycles. The summed E-state index contributed by atoms with van der Waals surface area (Å²) in [5.41, 5.74) is 1.46. The molecule has 2 unspecified atom stereocenters. The van der Waals surface area contributed by atoms with E-state index in [9.17, 15) is 13.2 Å². The molecule has 2 atom stereocenters. The number of nitrogens with one attached hydrogen (secondary N) is 1. The molecule has 2 aromatic carbocycles. The van der Waals surface area contributed by atoms with E-state index in [2.05, 4.69) is 15.1 Å². The normalized spacial score (nSPS) is 22.8. The van der Waals surface area contributed by atoms with Crippen molar-refractivity contribution in [3.05, 3.63) is 64.1 Å². The molecule has 2 aromatic rings. The van der Waals surface area contributed by atoms with Crippen LogP contribution in [0.3, 0.4) is 0 Å². The maximum absolute atomic E-state index is 13.3. The first-order valence-corrected chi connectivity index (χ1v) is 12.9. The molecule has 0 aromatic heterocycles. The Labute approximate surface area is 193 Å². The van der Waals surface area contributed by atoms with Gasteiger partial charge in [0.1, 0.15) is 6.04 Å². The molecule has 4 rings (SSSR count). The maximum atomic E-state index is 13.3. The second kappa shape index (κ2) is 9.46. The number of sulfone groups is 1. The number of rotatable bonds is 5. The Morgan fingerprint density at radius 1 is 1.00 bits per heavy atom. The number of benzene rings is 2. The lowest BCUT2D eigenvalue weighted by atomic mass is 10.0. The van der Waals surface area contributed by atoms with Gasteiger partial charge in [-0.25, -0.2) is 8.42 Å². The molecular weight excluding hydrogens is 457 g/mol. The monoisotopic (exact) mass is 481 g/mol. The van der Waals surface area contributed by atoms with Gasteiger partial charge in [0.25, 0.3) is 0 Å². The number of nitrogens with zero attached hydrogens (tertiary/aromatic N) is 2. The van der Waals surface area contributed by atoms with E-state index in [0.717, 1.165) is 18.7 Å². The van der Waals surface area contributed by atoms with E-state index < -0.39 is 15.9 Å². The highest BCUT2D eigenvalue weighted by Crippen LogP contribution is 2.28. The summed E-state index contributed by atoms with van der Waals surface area (Å²) in [6, 6.07) is 14.3. The number of halogens is 2. The molecule has 9 heteroatoms. The van der Waals surface area contributed by atoms with Crippen molar-refractivity contribution in [2.45, 2.75) is 18.5 Å². The van der Waals surface area contributed by atoms with E-state index >= 15 is 0 Å². The van der Waals surface area contributed by atoms with Crippen LogP contribution in [0.2, 0.25) is 10.0 Å². The minimum absolute atomic E-state index is 0.0877. The van der Waals surface area contributed by atoms with Crippen molar-refractivity contribution in [2.24, 2.45) is 0 Å². The van der Waals surface area contributed by atoms with Gasteiger partial charge in [-0.15, -0.1) is 0 Å². The zero-order valence-corrected chi connectivity index (χ0v) is 19.3. The van der Waals surface area contributed by atoms with Crippen LogP contribution in [0, 0.1) is 0 Å². The Balaban J connectivity index is 1.49. The smallest absolute Gasteiger partial charge is 0.246 e. The third-order valence-electron chi connectivity index (χ3n) is 5.93. The molecule has 2 saturated heterocycles. The number of carbonyl (C=O) groups excluding carboxylic acids is 1. The average molecular weight is 482 g/mol. The number of amides is 1. The summed E-state index contributed by atoms with van der Waals surface area (Å²) in [6.07, 6.45) is 0.695. The molecule has 1 amide bonds. The van der Waals surface area contributed by atoms with E-state index in [-0.39, 0.29) is 23.5 Å². The third kappa shape index (κ3) is 5.59. The Bertz CT molecular complexity index is 1020. The van der Waals surface area contributed by atoms with Crippen molar-refractivity contribution < 1.29 is 13.2 Å². The molecule has 2 aliphatic rings. The molecule has 2 heterocycles. The van der Waals surface area contributed by atoms with Crippen LogP contribution in [-0.4, -0.2) is 67.9 Å². The lowest BCUT2D eigenvalue weighted by Crippen LogP contribution is -2.53. The van der Waals surface area contributed by atoms with Gasteiger partial charge in [0.05, 0.1) is 11.5 Å². The first kappa shape index (κ1) is 22.6. The number of carbonyl (C=O) groups is 1. The first-order valence-electron chi connectivity index (χ1n) is 10.3. The molecule has 6 nitrogen and oxygen atoms in total. The van der Waals surface area contributed by atoms with Crippen LogP contribution in [0.15, 0.2) is 48.5 Å². The minimum atomic E-state index is -2.91. The van der Waals surface area contributed by atoms with Gasteiger partial charge in [-0.05, 0) is 30.2 Å². The molecule has 0 aliphatic carbocycles.